The van der Waals surface area contributed by atoms with Gasteiger partial charge in [-0.15, -0.1) is 0 Å². The smallest absolute Gasteiger partial charge is 0.338 e. The van der Waals surface area contributed by atoms with Crippen LogP contribution in [0.5, 0.6) is 23.0 Å². The number of methoxy groups -OCH3 is 4. The fourth-order valence-electron chi connectivity index (χ4n) is 3.51. The number of carbonyl (C=O) groups is 1. The van der Waals surface area contributed by atoms with Gasteiger partial charge in [-0.05, 0) is 35.7 Å². The third-order valence-corrected chi connectivity index (χ3v) is 6.54. The molecule has 3 aromatic carbocycles. The van der Waals surface area contributed by atoms with Crippen molar-refractivity contribution in [1.82, 2.24) is 0 Å². The second-order valence-electron chi connectivity index (χ2n) is 7.11. The van der Waals surface area contributed by atoms with Crippen LogP contribution in [0.2, 0.25) is 0 Å². The van der Waals surface area contributed by atoms with E-state index in [0.29, 0.717) is 17.7 Å². The van der Waals surface area contributed by atoms with Gasteiger partial charge >= 0.3 is 5.97 Å². The third-order valence-electron chi connectivity index (χ3n) is 5.09. The predicted octanol–water partition coefficient (Wildman–Crippen LogP) is 3.81. The maximum Gasteiger partial charge on any atom is 0.338 e. The zero-order valence-electron chi connectivity index (χ0n) is 19.1. The molecule has 0 aromatic heterocycles. The fraction of sp³-hybridized carbons (Fsp3) is 0.208. The summed E-state index contributed by atoms with van der Waals surface area (Å²) in [5.74, 6) is -0.891. The summed E-state index contributed by atoms with van der Waals surface area (Å²) < 4.78 is 50.5. The molecule has 0 saturated carbocycles. The first-order valence-electron chi connectivity index (χ1n) is 10.1. The number of nitrogens with one attached hydrogen (secondary N) is 1. The van der Waals surface area contributed by atoms with Crippen LogP contribution in [0.4, 0.5) is 5.69 Å². The lowest BCUT2D eigenvalue weighted by Gasteiger charge is -2.20. The Kier molecular flexibility index (Phi) is 7.52. The maximum atomic E-state index is 13.5. The van der Waals surface area contributed by atoms with Crippen LogP contribution < -0.4 is 23.7 Å². The van der Waals surface area contributed by atoms with Crippen LogP contribution in [0.15, 0.2) is 59.5 Å². The zero-order valence-corrected chi connectivity index (χ0v) is 19.9. The number of anilines is 1. The molecule has 0 spiro atoms. The van der Waals surface area contributed by atoms with Gasteiger partial charge in [0.05, 0.1) is 38.9 Å². The summed E-state index contributed by atoms with van der Waals surface area (Å²) in [6.07, 6.45) is 0.309. The van der Waals surface area contributed by atoms with E-state index in [1.165, 1.54) is 46.6 Å². The minimum Gasteiger partial charge on any atom is -0.497 e. The number of hydrogen-bond donors (Lipinski definition) is 2. The van der Waals surface area contributed by atoms with Crippen molar-refractivity contribution in [2.75, 3.05) is 33.2 Å². The molecule has 3 aromatic rings. The Morgan fingerprint density at radius 2 is 1.56 bits per heavy atom. The monoisotopic (exact) mass is 487 g/mol. The second-order valence-corrected chi connectivity index (χ2v) is 8.77. The van der Waals surface area contributed by atoms with E-state index in [4.69, 9.17) is 18.9 Å². The molecule has 10 heteroatoms. The summed E-state index contributed by atoms with van der Waals surface area (Å²) in [7, 11) is 1.16. The molecule has 0 bridgehead atoms. The molecule has 0 amide bonds. The summed E-state index contributed by atoms with van der Waals surface area (Å²) in [5, 5.41) is 9.75. The molecule has 180 valence electrons. The normalized spacial score (nSPS) is 10.9. The van der Waals surface area contributed by atoms with E-state index in [1.807, 2.05) is 30.3 Å². The number of rotatable bonds is 10. The van der Waals surface area contributed by atoms with Crippen LogP contribution in [-0.4, -0.2) is 47.9 Å². The highest BCUT2D eigenvalue weighted by molar-refractivity contribution is 7.92. The number of carboxylic acid groups (broad SMARTS) is 1. The number of ether oxygens (including phenoxy) is 4. The Morgan fingerprint density at radius 1 is 0.882 bits per heavy atom. The first-order chi connectivity index (χ1) is 16.2. The highest BCUT2D eigenvalue weighted by Gasteiger charge is 2.29. The van der Waals surface area contributed by atoms with E-state index >= 15 is 0 Å². The van der Waals surface area contributed by atoms with E-state index in [-0.39, 0.29) is 33.4 Å². The van der Waals surface area contributed by atoms with Gasteiger partial charge in [0.15, 0.2) is 11.5 Å². The van der Waals surface area contributed by atoms with Crippen molar-refractivity contribution in [2.24, 2.45) is 0 Å². The summed E-state index contributed by atoms with van der Waals surface area (Å²) in [4.78, 5) is 11.9. The average Bonchev–Trinajstić information content (AvgIpc) is 2.83. The summed E-state index contributed by atoms with van der Waals surface area (Å²) in [6.45, 7) is 0. The summed E-state index contributed by atoms with van der Waals surface area (Å²) >= 11 is 0. The van der Waals surface area contributed by atoms with Crippen LogP contribution in [0.25, 0.3) is 0 Å². The van der Waals surface area contributed by atoms with Crippen LogP contribution in [0.3, 0.4) is 0 Å². The molecule has 0 heterocycles. The van der Waals surface area contributed by atoms with Crippen LogP contribution >= 0.6 is 0 Å². The quantitative estimate of drug-likeness (QED) is 0.443. The molecule has 0 aliphatic heterocycles. The van der Waals surface area contributed by atoms with Crippen molar-refractivity contribution in [1.29, 1.82) is 0 Å². The van der Waals surface area contributed by atoms with Gasteiger partial charge in [0.2, 0.25) is 5.75 Å². The standard InChI is InChI=1S/C24H25NO8S/c1-30-17-10-11-20(16(13-17)12-15-8-6-5-7-9-15)34(28,29)25-21-18(24(26)27)14-19(31-2)22(32-3)23(21)33-4/h5-11,13-14,25H,12H2,1-4H3,(H,26,27). The third kappa shape index (κ3) is 5.01. The van der Waals surface area contributed by atoms with Crippen molar-refractivity contribution in [3.8, 4) is 23.0 Å². The molecular formula is C24H25NO8S. The molecule has 2 N–H and O–H groups in total. The fourth-order valence-corrected chi connectivity index (χ4v) is 4.82. The van der Waals surface area contributed by atoms with Crippen molar-refractivity contribution in [2.45, 2.75) is 11.3 Å². The topological polar surface area (TPSA) is 120 Å². The Bertz CT molecular complexity index is 1290. The molecule has 0 atom stereocenters. The Balaban J connectivity index is 2.17. The van der Waals surface area contributed by atoms with Crippen LogP contribution in [0.1, 0.15) is 21.5 Å². The van der Waals surface area contributed by atoms with Gasteiger partial charge < -0.3 is 24.1 Å². The van der Waals surface area contributed by atoms with Crippen molar-refractivity contribution < 1.29 is 37.3 Å². The SMILES string of the molecule is COc1ccc(S(=O)(=O)Nc2c(C(=O)O)cc(OC)c(OC)c2OC)c(Cc2ccccc2)c1. The maximum absolute atomic E-state index is 13.5. The van der Waals surface area contributed by atoms with Gasteiger partial charge in [-0.2, -0.15) is 0 Å². The molecule has 0 aliphatic rings. The van der Waals surface area contributed by atoms with Crippen molar-refractivity contribution in [3.63, 3.8) is 0 Å². The first-order valence-corrected chi connectivity index (χ1v) is 11.5. The Labute approximate surface area is 197 Å². The number of carboxylic acids is 1. The van der Waals surface area contributed by atoms with Gasteiger partial charge in [-0.25, -0.2) is 13.2 Å². The molecule has 0 radical (unpaired) electrons. The van der Waals surface area contributed by atoms with E-state index < -0.39 is 16.0 Å². The lowest BCUT2D eigenvalue weighted by molar-refractivity contribution is 0.0697. The number of sulfonamides is 1. The minimum absolute atomic E-state index is 0.0367. The highest BCUT2D eigenvalue weighted by atomic mass is 32.2. The van der Waals surface area contributed by atoms with E-state index in [1.54, 1.807) is 6.07 Å². The molecule has 34 heavy (non-hydrogen) atoms. The van der Waals surface area contributed by atoms with Crippen molar-refractivity contribution in [3.05, 3.63) is 71.3 Å². The molecule has 9 nitrogen and oxygen atoms in total. The summed E-state index contributed by atoms with van der Waals surface area (Å²) in [5.41, 5.74) is 0.710. The van der Waals surface area contributed by atoms with Crippen molar-refractivity contribution >= 4 is 21.7 Å². The van der Waals surface area contributed by atoms with E-state index in [2.05, 4.69) is 4.72 Å². The van der Waals surface area contributed by atoms with Gasteiger partial charge in [0.1, 0.15) is 11.4 Å². The Hall–Kier alpha value is -3.92. The largest absolute Gasteiger partial charge is 0.497 e. The van der Waals surface area contributed by atoms with E-state index in [9.17, 15) is 18.3 Å². The number of benzene rings is 3. The first kappa shape index (κ1) is 24.7. The lowest BCUT2D eigenvalue weighted by Crippen LogP contribution is -2.18. The molecule has 0 fully saturated rings. The van der Waals surface area contributed by atoms with Crippen LogP contribution in [-0.2, 0) is 16.4 Å². The lowest BCUT2D eigenvalue weighted by atomic mass is 10.0. The van der Waals surface area contributed by atoms with Gasteiger partial charge in [0, 0.05) is 6.07 Å². The van der Waals surface area contributed by atoms with Gasteiger partial charge in [-0.3, -0.25) is 4.72 Å². The predicted molar refractivity (Wildman–Crippen MR) is 126 cm³/mol. The molecule has 3 rings (SSSR count). The molecule has 0 unspecified atom stereocenters. The summed E-state index contributed by atoms with van der Waals surface area (Å²) in [6, 6.07) is 15.1. The van der Waals surface area contributed by atoms with Crippen LogP contribution in [0, 0.1) is 0 Å². The van der Waals surface area contributed by atoms with E-state index in [0.717, 1.165) is 5.56 Å². The Morgan fingerprint density at radius 3 is 2.12 bits per heavy atom. The highest BCUT2D eigenvalue weighted by Crippen LogP contribution is 2.46. The number of hydrogen-bond acceptors (Lipinski definition) is 7. The average molecular weight is 488 g/mol. The minimum atomic E-state index is -4.27. The molecule has 0 saturated heterocycles. The zero-order chi connectivity index (χ0) is 24.9. The van der Waals surface area contributed by atoms with Gasteiger partial charge in [-0.1, -0.05) is 30.3 Å². The number of aromatic carboxylic acids is 1. The molecular weight excluding hydrogens is 462 g/mol. The second kappa shape index (κ2) is 10.3. The van der Waals surface area contributed by atoms with Gasteiger partial charge in [0.25, 0.3) is 10.0 Å². The molecule has 0 aliphatic carbocycles.